The molecule has 6 heteroatoms. The lowest BCUT2D eigenvalue weighted by Crippen LogP contribution is -2.34. The first-order valence-corrected chi connectivity index (χ1v) is 6.86. The number of hydrogen-bond acceptors (Lipinski definition) is 4. The highest BCUT2D eigenvalue weighted by Gasteiger charge is 2.17. The van der Waals surface area contributed by atoms with E-state index in [0.717, 1.165) is 5.69 Å². The van der Waals surface area contributed by atoms with E-state index in [1.807, 2.05) is 25.1 Å². The smallest absolute Gasteiger partial charge is 0.274 e. The number of para-hydroxylation sites is 2. The number of carbonyl (C=O) groups excluding carboxylic acids is 1. The van der Waals surface area contributed by atoms with E-state index in [9.17, 15) is 4.79 Å². The van der Waals surface area contributed by atoms with Gasteiger partial charge in [-0.2, -0.15) is 5.10 Å². The highest BCUT2D eigenvalue weighted by Crippen LogP contribution is 2.16. The van der Waals surface area contributed by atoms with Crippen LogP contribution in [0, 0.1) is 0 Å². The van der Waals surface area contributed by atoms with Crippen LogP contribution >= 0.6 is 0 Å². The molecule has 0 spiro atoms. The van der Waals surface area contributed by atoms with E-state index in [-0.39, 0.29) is 5.91 Å². The summed E-state index contributed by atoms with van der Waals surface area (Å²) in [7, 11) is 1.62. The highest BCUT2D eigenvalue weighted by atomic mass is 16.5. The number of rotatable bonds is 6. The fourth-order valence-corrected chi connectivity index (χ4v) is 2.04. The molecular formula is C15H20N4O2. The summed E-state index contributed by atoms with van der Waals surface area (Å²) in [6, 6.07) is 9.10. The summed E-state index contributed by atoms with van der Waals surface area (Å²) in [5.41, 5.74) is 7.69. The predicted molar refractivity (Wildman–Crippen MR) is 81.4 cm³/mol. The van der Waals surface area contributed by atoms with Gasteiger partial charge in [0, 0.05) is 26.4 Å². The van der Waals surface area contributed by atoms with Crippen molar-refractivity contribution in [3.63, 3.8) is 0 Å². The first-order valence-electron chi connectivity index (χ1n) is 6.86. The SMILES string of the molecule is CCN(CCOC)C(=O)c1ccn(-c2ccccc2N)n1. The van der Waals surface area contributed by atoms with Crippen molar-refractivity contribution in [2.75, 3.05) is 32.5 Å². The topological polar surface area (TPSA) is 73.4 Å². The average Bonchev–Trinajstić information content (AvgIpc) is 2.98. The minimum absolute atomic E-state index is 0.109. The van der Waals surface area contributed by atoms with Crippen LogP contribution in [-0.2, 0) is 4.74 Å². The van der Waals surface area contributed by atoms with Crippen molar-refractivity contribution in [2.24, 2.45) is 0 Å². The Bertz CT molecular complexity index is 609. The number of nitrogens with two attached hydrogens (primary N) is 1. The Morgan fingerprint density at radius 1 is 1.38 bits per heavy atom. The molecule has 0 unspecified atom stereocenters. The zero-order valence-electron chi connectivity index (χ0n) is 12.3. The molecule has 0 aliphatic heterocycles. The normalized spacial score (nSPS) is 10.6. The Hall–Kier alpha value is -2.34. The van der Waals surface area contributed by atoms with Gasteiger partial charge in [0.05, 0.1) is 18.0 Å². The summed E-state index contributed by atoms with van der Waals surface area (Å²) in [5, 5.41) is 4.32. The highest BCUT2D eigenvalue weighted by molar-refractivity contribution is 5.92. The van der Waals surface area contributed by atoms with Gasteiger partial charge in [0.25, 0.3) is 5.91 Å². The van der Waals surface area contributed by atoms with Gasteiger partial charge in [-0.3, -0.25) is 4.79 Å². The Labute approximate surface area is 124 Å². The number of amides is 1. The minimum Gasteiger partial charge on any atom is -0.397 e. The predicted octanol–water partition coefficient (Wildman–Crippen LogP) is 1.56. The summed E-state index contributed by atoms with van der Waals surface area (Å²) in [4.78, 5) is 14.1. The molecule has 6 nitrogen and oxygen atoms in total. The molecule has 1 aromatic carbocycles. The van der Waals surface area contributed by atoms with E-state index in [1.54, 1.807) is 35.0 Å². The van der Waals surface area contributed by atoms with Gasteiger partial charge in [0.15, 0.2) is 5.69 Å². The molecule has 2 aromatic rings. The van der Waals surface area contributed by atoms with Gasteiger partial charge in [-0.25, -0.2) is 4.68 Å². The van der Waals surface area contributed by atoms with Crippen LogP contribution in [0.4, 0.5) is 5.69 Å². The second-order valence-electron chi connectivity index (χ2n) is 4.58. The van der Waals surface area contributed by atoms with Crippen LogP contribution in [0.25, 0.3) is 5.69 Å². The third-order valence-electron chi connectivity index (χ3n) is 3.23. The number of benzene rings is 1. The molecule has 2 N–H and O–H groups in total. The van der Waals surface area contributed by atoms with Crippen molar-refractivity contribution < 1.29 is 9.53 Å². The van der Waals surface area contributed by atoms with E-state index < -0.39 is 0 Å². The van der Waals surface area contributed by atoms with Crippen molar-refractivity contribution in [2.45, 2.75) is 6.92 Å². The zero-order chi connectivity index (χ0) is 15.2. The molecule has 21 heavy (non-hydrogen) atoms. The number of aromatic nitrogens is 2. The van der Waals surface area contributed by atoms with Crippen molar-refractivity contribution >= 4 is 11.6 Å². The molecule has 0 bridgehead atoms. The fraction of sp³-hybridized carbons (Fsp3) is 0.333. The standard InChI is InChI=1S/C15H20N4O2/c1-3-18(10-11-21-2)15(20)13-8-9-19(17-13)14-7-5-4-6-12(14)16/h4-9H,3,10-11,16H2,1-2H3. The molecule has 0 fully saturated rings. The Morgan fingerprint density at radius 3 is 2.81 bits per heavy atom. The van der Waals surface area contributed by atoms with E-state index in [2.05, 4.69) is 5.10 Å². The Morgan fingerprint density at radius 2 is 2.14 bits per heavy atom. The number of hydrogen-bond donors (Lipinski definition) is 1. The number of methoxy groups -OCH3 is 1. The number of nitrogen functional groups attached to an aromatic ring is 1. The van der Waals surface area contributed by atoms with Crippen molar-refractivity contribution in [1.29, 1.82) is 0 Å². The third-order valence-corrected chi connectivity index (χ3v) is 3.23. The summed E-state index contributed by atoms with van der Waals surface area (Å²) >= 11 is 0. The van der Waals surface area contributed by atoms with Crippen LogP contribution in [0.3, 0.4) is 0 Å². The fourth-order valence-electron chi connectivity index (χ4n) is 2.04. The Kier molecular flexibility index (Phi) is 4.94. The maximum Gasteiger partial charge on any atom is 0.274 e. The number of nitrogens with zero attached hydrogens (tertiary/aromatic N) is 3. The van der Waals surface area contributed by atoms with E-state index in [4.69, 9.17) is 10.5 Å². The van der Waals surface area contributed by atoms with E-state index in [0.29, 0.717) is 31.1 Å². The lowest BCUT2D eigenvalue weighted by molar-refractivity contribution is 0.0700. The molecular weight excluding hydrogens is 268 g/mol. The molecule has 2 rings (SSSR count). The maximum absolute atomic E-state index is 12.4. The van der Waals surface area contributed by atoms with Crippen LogP contribution in [0.2, 0.25) is 0 Å². The van der Waals surface area contributed by atoms with Gasteiger partial charge in [0.1, 0.15) is 0 Å². The molecule has 0 aliphatic rings. The molecule has 1 amide bonds. The van der Waals surface area contributed by atoms with Crippen LogP contribution < -0.4 is 5.73 Å². The van der Waals surface area contributed by atoms with Gasteiger partial charge < -0.3 is 15.4 Å². The summed E-state index contributed by atoms with van der Waals surface area (Å²) in [5.74, 6) is -0.109. The van der Waals surface area contributed by atoms with Crippen molar-refractivity contribution in [1.82, 2.24) is 14.7 Å². The van der Waals surface area contributed by atoms with Gasteiger partial charge >= 0.3 is 0 Å². The molecule has 0 saturated heterocycles. The number of carbonyl (C=O) groups is 1. The molecule has 1 heterocycles. The molecule has 1 aromatic heterocycles. The van der Waals surface area contributed by atoms with Crippen LogP contribution in [0.5, 0.6) is 0 Å². The van der Waals surface area contributed by atoms with Crippen molar-refractivity contribution in [3.05, 3.63) is 42.2 Å². The third kappa shape index (κ3) is 3.41. The van der Waals surface area contributed by atoms with E-state index in [1.165, 1.54) is 0 Å². The van der Waals surface area contributed by atoms with Crippen LogP contribution in [0.1, 0.15) is 17.4 Å². The van der Waals surface area contributed by atoms with Crippen molar-refractivity contribution in [3.8, 4) is 5.69 Å². The summed E-state index contributed by atoms with van der Waals surface area (Å²) in [6.45, 7) is 3.60. The van der Waals surface area contributed by atoms with Gasteiger partial charge in [-0.15, -0.1) is 0 Å². The lowest BCUT2D eigenvalue weighted by Gasteiger charge is -2.19. The monoisotopic (exact) mass is 288 g/mol. The molecule has 0 saturated carbocycles. The number of likely N-dealkylation sites (N-methyl/N-ethyl adjacent to an activating group) is 1. The second kappa shape index (κ2) is 6.90. The summed E-state index contributed by atoms with van der Waals surface area (Å²) < 4.78 is 6.63. The first-order chi connectivity index (χ1) is 10.2. The lowest BCUT2D eigenvalue weighted by atomic mass is 10.3. The maximum atomic E-state index is 12.4. The Balaban J connectivity index is 2.19. The number of anilines is 1. The average molecular weight is 288 g/mol. The summed E-state index contributed by atoms with van der Waals surface area (Å²) in [6.07, 6.45) is 1.74. The number of ether oxygens (including phenoxy) is 1. The van der Waals surface area contributed by atoms with Crippen LogP contribution in [-0.4, -0.2) is 47.4 Å². The zero-order valence-corrected chi connectivity index (χ0v) is 12.3. The van der Waals surface area contributed by atoms with Crippen LogP contribution in [0.15, 0.2) is 36.5 Å². The molecule has 0 atom stereocenters. The molecule has 112 valence electrons. The van der Waals surface area contributed by atoms with E-state index >= 15 is 0 Å². The molecule has 0 radical (unpaired) electrons. The second-order valence-corrected chi connectivity index (χ2v) is 4.58. The largest absolute Gasteiger partial charge is 0.397 e. The van der Waals surface area contributed by atoms with Gasteiger partial charge in [0.2, 0.25) is 0 Å². The van der Waals surface area contributed by atoms with Gasteiger partial charge in [-0.1, -0.05) is 12.1 Å². The first kappa shape index (κ1) is 15.1. The minimum atomic E-state index is -0.109. The van der Waals surface area contributed by atoms with Gasteiger partial charge in [-0.05, 0) is 25.1 Å². The quantitative estimate of drug-likeness (QED) is 0.819. The molecule has 0 aliphatic carbocycles.